The van der Waals surface area contributed by atoms with Crippen molar-refractivity contribution >= 4 is 22.8 Å². The van der Waals surface area contributed by atoms with Crippen molar-refractivity contribution in [2.75, 3.05) is 6.54 Å². The third-order valence-electron chi connectivity index (χ3n) is 5.66. The van der Waals surface area contributed by atoms with Gasteiger partial charge in [0.15, 0.2) is 0 Å². The first kappa shape index (κ1) is 23.9. The standard InChI is InChI=1S/C24H28N4O5/c1-27-19-13-6-5-11-17(19)22(30)28(24(27)33)20(15-16-9-3-2-4-10-16)21(29)26-18(23(31)32)12-7-8-14-25/h2-6,9-11,13,18,20H,7-8,12,14-15,25H2,1H3,(H,26,29)(H,31,32). The fourth-order valence-corrected chi connectivity index (χ4v) is 3.86. The van der Waals surface area contributed by atoms with Gasteiger partial charge in [-0.25, -0.2) is 14.2 Å². The molecule has 4 N–H and O–H groups in total. The van der Waals surface area contributed by atoms with Gasteiger partial charge in [-0.3, -0.25) is 14.2 Å². The number of nitrogens with one attached hydrogen (secondary N) is 1. The summed E-state index contributed by atoms with van der Waals surface area (Å²) < 4.78 is 2.24. The summed E-state index contributed by atoms with van der Waals surface area (Å²) in [5.41, 5.74) is 5.42. The summed E-state index contributed by atoms with van der Waals surface area (Å²) in [5.74, 6) is -1.88. The van der Waals surface area contributed by atoms with Crippen molar-refractivity contribution in [2.24, 2.45) is 12.8 Å². The van der Waals surface area contributed by atoms with Crippen molar-refractivity contribution in [3.05, 3.63) is 81.0 Å². The number of benzene rings is 2. The fraction of sp³-hybridized carbons (Fsp3) is 0.333. The van der Waals surface area contributed by atoms with Gasteiger partial charge < -0.3 is 16.2 Å². The van der Waals surface area contributed by atoms with Gasteiger partial charge in [0.2, 0.25) is 5.91 Å². The van der Waals surface area contributed by atoms with E-state index in [1.54, 1.807) is 48.5 Å². The van der Waals surface area contributed by atoms with Gasteiger partial charge in [-0.1, -0.05) is 42.5 Å². The van der Waals surface area contributed by atoms with Gasteiger partial charge in [0.05, 0.1) is 10.9 Å². The number of carboxylic acid groups (broad SMARTS) is 1. The summed E-state index contributed by atoms with van der Waals surface area (Å²) >= 11 is 0. The van der Waals surface area contributed by atoms with Crippen LogP contribution in [0.3, 0.4) is 0 Å². The minimum Gasteiger partial charge on any atom is -0.480 e. The molecule has 33 heavy (non-hydrogen) atoms. The molecule has 2 atom stereocenters. The van der Waals surface area contributed by atoms with Crippen LogP contribution in [0, 0.1) is 0 Å². The smallest absolute Gasteiger partial charge is 0.331 e. The molecule has 174 valence electrons. The van der Waals surface area contributed by atoms with Gasteiger partial charge in [0.1, 0.15) is 12.1 Å². The van der Waals surface area contributed by atoms with Gasteiger partial charge >= 0.3 is 11.7 Å². The first-order chi connectivity index (χ1) is 15.8. The van der Waals surface area contributed by atoms with Crippen LogP contribution in [0.1, 0.15) is 30.9 Å². The zero-order valence-corrected chi connectivity index (χ0v) is 18.4. The monoisotopic (exact) mass is 452 g/mol. The molecule has 0 aliphatic rings. The van der Waals surface area contributed by atoms with E-state index in [1.807, 2.05) is 6.07 Å². The molecular formula is C24H28N4O5. The number of aromatic nitrogens is 2. The summed E-state index contributed by atoms with van der Waals surface area (Å²) in [7, 11) is 1.53. The quantitative estimate of drug-likeness (QED) is 0.395. The second kappa shape index (κ2) is 10.7. The maximum atomic E-state index is 13.3. The molecule has 9 nitrogen and oxygen atoms in total. The van der Waals surface area contributed by atoms with Crippen molar-refractivity contribution in [1.29, 1.82) is 0 Å². The third kappa shape index (κ3) is 5.38. The number of amides is 1. The Labute approximate surface area is 190 Å². The number of aliphatic carboxylic acids is 1. The number of aryl methyl sites for hydroxylation is 1. The Morgan fingerprint density at radius 2 is 1.70 bits per heavy atom. The molecule has 1 aromatic heterocycles. The van der Waals surface area contributed by atoms with Crippen LogP contribution in [0.2, 0.25) is 0 Å². The Morgan fingerprint density at radius 3 is 2.36 bits per heavy atom. The molecule has 0 aliphatic carbocycles. The summed E-state index contributed by atoms with van der Waals surface area (Å²) in [4.78, 5) is 51.6. The molecule has 0 saturated heterocycles. The number of hydrogen-bond donors (Lipinski definition) is 3. The van der Waals surface area contributed by atoms with E-state index in [9.17, 15) is 24.3 Å². The average molecular weight is 453 g/mol. The maximum absolute atomic E-state index is 13.3. The molecule has 2 unspecified atom stereocenters. The minimum absolute atomic E-state index is 0.0509. The largest absolute Gasteiger partial charge is 0.480 e. The number of fused-ring (bicyclic) bond motifs is 1. The molecule has 0 radical (unpaired) electrons. The lowest BCUT2D eigenvalue weighted by Crippen LogP contribution is -2.50. The fourth-order valence-electron chi connectivity index (χ4n) is 3.86. The lowest BCUT2D eigenvalue weighted by atomic mass is 10.0. The Morgan fingerprint density at radius 1 is 1.03 bits per heavy atom. The van der Waals surface area contributed by atoms with Crippen LogP contribution >= 0.6 is 0 Å². The Balaban J connectivity index is 2.07. The number of nitrogens with two attached hydrogens (primary N) is 1. The van der Waals surface area contributed by atoms with E-state index in [1.165, 1.54) is 11.6 Å². The highest BCUT2D eigenvalue weighted by Gasteiger charge is 2.29. The Kier molecular flexibility index (Phi) is 7.78. The molecule has 9 heteroatoms. The summed E-state index contributed by atoms with van der Waals surface area (Å²) in [5, 5.41) is 12.4. The lowest BCUT2D eigenvalue weighted by molar-refractivity contribution is -0.142. The van der Waals surface area contributed by atoms with Crippen LogP contribution in [-0.2, 0) is 23.1 Å². The second-order valence-corrected chi connectivity index (χ2v) is 7.92. The molecule has 0 bridgehead atoms. The molecule has 0 spiro atoms. The topological polar surface area (TPSA) is 136 Å². The number of hydrogen-bond acceptors (Lipinski definition) is 5. The van der Waals surface area contributed by atoms with Gasteiger partial charge in [-0.05, 0) is 43.5 Å². The number of para-hydroxylation sites is 1. The van der Waals surface area contributed by atoms with Gasteiger partial charge in [-0.15, -0.1) is 0 Å². The van der Waals surface area contributed by atoms with Crippen LogP contribution in [0.4, 0.5) is 0 Å². The highest BCUT2D eigenvalue weighted by Crippen LogP contribution is 2.15. The molecular weight excluding hydrogens is 424 g/mol. The predicted molar refractivity (Wildman–Crippen MR) is 125 cm³/mol. The van der Waals surface area contributed by atoms with E-state index in [4.69, 9.17) is 5.73 Å². The first-order valence-electron chi connectivity index (χ1n) is 10.8. The van der Waals surface area contributed by atoms with E-state index in [2.05, 4.69) is 5.32 Å². The molecule has 0 aliphatic heterocycles. The molecule has 0 saturated carbocycles. The number of rotatable bonds is 10. The van der Waals surface area contributed by atoms with Gasteiger partial charge in [0, 0.05) is 13.5 Å². The van der Waals surface area contributed by atoms with E-state index in [-0.39, 0.29) is 12.8 Å². The van der Waals surface area contributed by atoms with Crippen LogP contribution in [0.5, 0.6) is 0 Å². The van der Waals surface area contributed by atoms with Crippen LogP contribution in [0.25, 0.3) is 10.9 Å². The van der Waals surface area contributed by atoms with E-state index in [0.717, 1.165) is 10.1 Å². The zero-order chi connectivity index (χ0) is 24.0. The third-order valence-corrected chi connectivity index (χ3v) is 5.66. The number of carbonyl (C=O) groups is 2. The van der Waals surface area contributed by atoms with Gasteiger partial charge in [0.25, 0.3) is 5.56 Å². The molecule has 1 amide bonds. The SMILES string of the molecule is Cn1c(=O)n(C(Cc2ccccc2)C(=O)NC(CCCCN)C(=O)O)c(=O)c2ccccc21. The van der Waals surface area contributed by atoms with Crippen LogP contribution < -0.4 is 22.3 Å². The number of carbonyl (C=O) groups excluding carboxylic acids is 1. The number of nitrogens with zero attached hydrogens (tertiary/aromatic N) is 2. The summed E-state index contributed by atoms with van der Waals surface area (Å²) in [6.45, 7) is 0.416. The highest BCUT2D eigenvalue weighted by molar-refractivity contribution is 5.86. The van der Waals surface area contributed by atoms with E-state index < -0.39 is 35.2 Å². The Hall–Kier alpha value is -3.72. The van der Waals surface area contributed by atoms with Crippen molar-refractivity contribution in [3.63, 3.8) is 0 Å². The lowest BCUT2D eigenvalue weighted by Gasteiger charge is -2.23. The van der Waals surface area contributed by atoms with Crippen molar-refractivity contribution < 1.29 is 14.7 Å². The van der Waals surface area contributed by atoms with Gasteiger partial charge in [-0.2, -0.15) is 0 Å². The van der Waals surface area contributed by atoms with Crippen molar-refractivity contribution in [1.82, 2.24) is 14.5 Å². The molecule has 0 fully saturated rings. The minimum atomic E-state index is -1.22. The first-order valence-corrected chi connectivity index (χ1v) is 10.8. The average Bonchev–Trinajstić information content (AvgIpc) is 2.82. The van der Waals surface area contributed by atoms with E-state index in [0.29, 0.717) is 30.3 Å². The highest BCUT2D eigenvalue weighted by atomic mass is 16.4. The molecule has 3 aromatic rings. The van der Waals surface area contributed by atoms with Crippen molar-refractivity contribution in [2.45, 2.75) is 37.8 Å². The summed E-state index contributed by atoms with van der Waals surface area (Å²) in [6, 6.07) is 13.3. The summed E-state index contributed by atoms with van der Waals surface area (Å²) in [6.07, 6.45) is 1.39. The molecule has 3 rings (SSSR count). The Bertz CT molecular complexity index is 1250. The predicted octanol–water partition coefficient (Wildman–Crippen LogP) is 1.18. The number of carboxylic acids is 1. The number of unbranched alkanes of at least 4 members (excludes halogenated alkanes) is 1. The van der Waals surface area contributed by atoms with Crippen LogP contribution in [0.15, 0.2) is 64.2 Å². The molecule has 1 heterocycles. The normalized spacial score (nSPS) is 12.9. The maximum Gasteiger partial charge on any atom is 0.331 e. The molecule has 2 aromatic carbocycles. The van der Waals surface area contributed by atoms with E-state index >= 15 is 0 Å². The van der Waals surface area contributed by atoms with Crippen LogP contribution in [-0.4, -0.2) is 38.7 Å². The van der Waals surface area contributed by atoms with Crippen molar-refractivity contribution in [3.8, 4) is 0 Å². The second-order valence-electron chi connectivity index (χ2n) is 7.92. The zero-order valence-electron chi connectivity index (χ0n) is 18.4.